The lowest BCUT2D eigenvalue weighted by atomic mass is 9.92. The molecule has 1 aromatic carbocycles. The molecule has 0 bridgehead atoms. The van der Waals surface area contributed by atoms with E-state index in [0.29, 0.717) is 6.04 Å². The zero-order chi connectivity index (χ0) is 11.6. The Morgan fingerprint density at radius 2 is 2.12 bits per heavy atom. The highest BCUT2D eigenvalue weighted by Gasteiger charge is 2.36. The molecule has 1 heterocycles. The molecule has 16 heavy (non-hydrogen) atoms. The lowest BCUT2D eigenvalue weighted by Gasteiger charge is -2.44. The summed E-state index contributed by atoms with van der Waals surface area (Å²) in [5.74, 6) is 0. The maximum atomic E-state index is 9.53. The maximum absolute atomic E-state index is 9.53. The fraction of sp³-hybridized carbons (Fsp3) is 0.429. The quantitative estimate of drug-likeness (QED) is 0.605. The summed E-state index contributed by atoms with van der Waals surface area (Å²) in [4.78, 5) is 0. The predicted octanol–water partition coefficient (Wildman–Crippen LogP) is 1.74. The van der Waals surface area contributed by atoms with E-state index in [2.05, 4.69) is 37.9 Å². The number of aliphatic hydroxyl groups excluding tert-OH is 1. The van der Waals surface area contributed by atoms with Crippen LogP contribution >= 0.6 is 0 Å². The van der Waals surface area contributed by atoms with Gasteiger partial charge < -0.3 is 9.59 Å². The molecule has 0 aliphatic carbocycles. The first-order chi connectivity index (χ1) is 7.69. The molecule has 0 saturated heterocycles. The second-order valence-electron chi connectivity index (χ2n) is 4.92. The van der Waals surface area contributed by atoms with Crippen LogP contribution in [0.5, 0.6) is 0 Å². The van der Waals surface area contributed by atoms with Gasteiger partial charge in [0, 0.05) is 12.0 Å². The van der Waals surface area contributed by atoms with E-state index in [1.165, 1.54) is 11.1 Å². The highest BCUT2D eigenvalue weighted by atomic mass is 16.3. The number of hydrogen-bond donors (Lipinski definition) is 1. The Morgan fingerprint density at radius 3 is 2.75 bits per heavy atom. The SMILES string of the molecule is C=CC[N@+]1(C)Cc2ccccc2C[C@H]1CO. The van der Waals surface area contributed by atoms with Crippen molar-refractivity contribution in [3.8, 4) is 0 Å². The number of nitrogens with zero attached hydrogens (tertiary/aromatic N) is 1. The van der Waals surface area contributed by atoms with Gasteiger partial charge in [0.2, 0.25) is 0 Å². The maximum Gasteiger partial charge on any atom is 0.117 e. The predicted molar refractivity (Wildman–Crippen MR) is 66.0 cm³/mol. The highest BCUT2D eigenvalue weighted by Crippen LogP contribution is 2.28. The average Bonchev–Trinajstić information content (AvgIpc) is 2.28. The third-order valence-electron chi connectivity index (χ3n) is 3.74. The molecule has 2 heteroatoms. The van der Waals surface area contributed by atoms with Gasteiger partial charge in [-0.1, -0.05) is 30.8 Å². The lowest BCUT2D eigenvalue weighted by molar-refractivity contribution is -0.943. The van der Waals surface area contributed by atoms with Crippen molar-refractivity contribution in [3.05, 3.63) is 48.0 Å². The minimum absolute atomic E-state index is 0.249. The third-order valence-corrected chi connectivity index (χ3v) is 3.74. The van der Waals surface area contributed by atoms with Crippen molar-refractivity contribution in [1.29, 1.82) is 0 Å². The van der Waals surface area contributed by atoms with Crippen molar-refractivity contribution in [2.24, 2.45) is 0 Å². The standard InChI is InChI=1S/C14H20NO/c1-3-8-15(2)10-13-7-5-4-6-12(13)9-14(15)11-16/h3-7,14,16H,1,8-11H2,2H3/q+1/t14-,15+/m0/s1. The van der Waals surface area contributed by atoms with Gasteiger partial charge in [0.25, 0.3) is 0 Å². The topological polar surface area (TPSA) is 20.2 Å². The molecular formula is C14H20NO+. The van der Waals surface area contributed by atoms with Gasteiger partial charge in [-0.3, -0.25) is 0 Å². The van der Waals surface area contributed by atoms with Gasteiger partial charge in [0.15, 0.2) is 0 Å². The molecule has 0 unspecified atom stereocenters. The van der Waals surface area contributed by atoms with Crippen molar-refractivity contribution < 1.29 is 9.59 Å². The van der Waals surface area contributed by atoms with Gasteiger partial charge >= 0.3 is 0 Å². The van der Waals surface area contributed by atoms with E-state index < -0.39 is 0 Å². The summed E-state index contributed by atoms with van der Waals surface area (Å²) in [6.45, 7) is 5.99. The van der Waals surface area contributed by atoms with Crippen LogP contribution in [0.4, 0.5) is 0 Å². The Balaban J connectivity index is 2.33. The van der Waals surface area contributed by atoms with E-state index in [0.717, 1.165) is 24.0 Å². The molecule has 86 valence electrons. The van der Waals surface area contributed by atoms with Crippen LogP contribution in [0.1, 0.15) is 11.1 Å². The second-order valence-corrected chi connectivity index (χ2v) is 4.92. The summed E-state index contributed by atoms with van der Waals surface area (Å²) in [6.07, 6.45) is 2.92. The Morgan fingerprint density at radius 1 is 1.44 bits per heavy atom. The molecule has 0 aromatic heterocycles. The largest absolute Gasteiger partial charge is 0.390 e. The Labute approximate surface area is 97.4 Å². The monoisotopic (exact) mass is 218 g/mol. The van der Waals surface area contributed by atoms with Crippen LogP contribution in [0.2, 0.25) is 0 Å². The van der Waals surface area contributed by atoms with Gasteiger partial charge in [0.05, 0.1) is 20.2 Å². The molecule has 0 saturated carbocycles. The zero-order valence-corrected chi connectivity index (χ0v) is 9.89. The van der Waals surface area contributed by atoms with Crippen LogP contribution in [-0.4, -0.2) is 35.8 Å². The van der Waals surface area contributed by atoms with E-state index in [-0.39, 0.29) is 6.61 Å². The van der Waals surface area contributed by atoms with Crippen LogP contribution in [0.25, 0.3) is 0 Å². The molecule has 0 fully saturated rings. The second kappa shape index (κ2) is 4.40. The van der Waals surface area contributed by atoms with Gasteiger partial charge in [0.1, 0.15) is 12.6 Å². The van der Waals surface area contributed by atoms with Crippen LogP contribution in [0, 0.1) is 0 Å². The molecule has 1 N–H and O–H groups in total. The molecule has 2 nitrogen and oxygen atoms in total. The van der Waals surface area contributed by atoms with Crippen molar-refractivity contribution in [2.75, 3.05) is 20.2 Å². The first-order valence-electron chi connectivity index (χ1n) is 5.82. The number of rotatable bonds is 3. The first kappa shape index (κ1) is 11.4. The fourth-order valence-electron chi connectivity index (χ4n) is 2.67. The highest BCUT2D eigenvalue weighted by molar-refractivity contribution is 5.28. The molecule has 2 atom stereocenters. The number of likely N-dealkylation sites (N-methyl/N-ethyl adjacent to an activating group) is 1. The van der Waals surface area contributed by atoms with Gasteiger partial charge in [-0.15, -0.1) is 0 Å². The van der Waals surface area contributed by atoms with Gasteiger partial charge in [-0.05, 0) is 11.6 Å². The minimum atomic E-state index is 0.249. The molecule has 1 aromatic rings. The molecule has 2 rings (SSSR count). The number of aliphatic hydroxyl groups is 1. The first-order valence-corrected chi connectivity index (χ1v) is 5.82. The van der Waals surface area contributed by atoms with Crippen LogP contribution in [-0.2, 0) is 13.0 Å². The molecule has 1 aliphatic rings. The number of fused-ring (bicyclic) bond motifs is 1. The molecule has 0 amide bonds. The smallest absolute Gasteiger partial charge is 0.117 e. The number of benzene rings is 1. The van der Waals surface area contributed by atoms with Crippen molar-refractivity contribution in [1.82, 2.24) is 0 Å². The fourth-order valence-corrected chi connectivity index (χ4v) is 2.67. The lowest BCUT2D eigenvalue weighted by Crippen LogP contribution is -2.56. The van der Waals surface area contributed by atoms with Crippen molar-refractivity contribution >= 4 is 0 Å². The van der Waals surface area contributed by atoms with Crippen LogP contribution < -0.4 is 0 Å². The van der Waals surface area contributed by atoms with E-state index in [4.69, 9.17) is 0 Å². The van der Waals surface area contributed by atoms with E-state index in [1.807, 2.05) is 6.08 Å². The van der Waals surface area contributed by atoms with Gasteiger partial charge in [-0.25, -0.2) is 0 Å². The molecule has 1 aliphatic heterocycles. The van der Waals surface area contributed by atoms with Gasteiger partial charge in [-0.2, -0.15) is 0 Å². The molecule has 0 spiro atoms. The van der Waals surface area contributed by atoms with Crippen LogP contribution in [0.15, 0.2) is 36.9 Å². The van der Waals surface area contributed by atoms with Crippen molar-refractivity contribution in [3.63, 3.8) is 0 Å². The molecule has 0 radical (unpaired) electrons. The Hall–Kier alpha value is -1.12. The minimum Gasteiger partial charge on any atom is -0.390 e. The van der Waals surface area contributed by atoms with E-state index in [1.54, 1.807) is 0 Å². The van der Waals surface area contributed by atoms with Crippen molar-refractivity contribution in [2.45, 2.75) is 19.0 Å². The Bertz CT molecular complexity index is 388. The molecular weight excluding hydrogens is 198 g/mol. The number of quaternary nitrogens is 1. The summed E-state index contributed by atoms with van der Waals surface area (Å²) in [5, 5.41) is 9.53. The summed E-state index contributed by atoms with van der Waals surface area (Å²) < 4.78 is 0.872. The zero-order valence-electron chi connectivity index (χ0n) is 9.89. The average molecular weight is 218 g/mol. The summed E-state index contributed by atoms with van der Waals surface area (Å²) in [6, 6.07) is 8.85. The summed E-state index contributed by atoms with van der Waals surface area (Å²) in [5.41, 5.74) is 2.80. The third kappa shape index (κ3) is 1.91. The summed E-state index contributed by atoms with van der Waals surface area (Å²) in [7, 11) is 2.21. The summed E-state index contributed by atoms with van der Waals surface area (Å²) >= 11 is 0. The van der Waals surface area contributed by atoms with E-state index >= 15 is 0 Å². The number of hydrogen-bond acceptors (Lipinski definition) is 1. The van der Waals surface area contributed by atoms with E-state index in [9.17, 15) is 5.11 Å². The normalized spacial score (nSPS) is 28.5. The Kier molecular flexibility index (Phi) is 3.13. The van der Waals surface area contributed by atoms with Crippen LogP contribution in [0.3, 0.4) is 0 Å².